The van der Waals surface area contributed by atoms with Crippen molar-refractivity contribution in [2.75, 3.05) is 0 Å². The van der Waals surface area contributed by atoms with Gasteiger partial charge < -0.3 is 0 Å². The number of aryl methyl sites for hydroxylation is 1. The van der Waals surface area contributed by atoms with Crippen molar-refractivity contribution in [3.8, 4) is 0 Å². The molecule has 2 aromatic rings. The molecule has 0 aromatic heterocycles. The van der Waals surface area contributed by atoms with Crippen LogP contribution in [0.3, 0.4) is 0 Å². The van der Waals surface area contributed by atoms with Gasteiger partial charge in [-0.1, -0.05) is 160 Å². The van der Waals surface area contributed by atoms with E-state index in [2.05, 4.69) is 139 Å². The first kappa shape index (κ1) is 35.3. The van der Waals surface area contributed by atoms with Crippen LogP contribution in [0.15, 0.2) is 40.7 Å². The molecule has 0 unspecified atom stereocenters. The number of thiol groups is 1. The van der Waals surface area contributed by atoms with Gasteiger partial charge in [-0.15, -0.1) is 0 Å². The number of alkyl halides is 5. The third-order valence-corrected chi connectivity index (χ3v) is 7.75. The normalized spacial score (nSPS) is 19.0. The van der Waals surface area contributed by atoms with Crippen LogP contribution in [0, 0.1) is 6.92 Å². The summed E-state index contributed by atoms with van der Waals surface area (Å²) in [5.74, 6) is 0. The van der Waals surface area contributed by atoms with Gasteiger partial charge in [0, 0.05) is 5.33 Å². The predicted molar refractivity (Wildman–Crippen MR) is 175 cm³/mol. The van der Waals surface area contributed by atoms with Crippen LogP contribution >= 0.6 is 75.1 Å². The van der Waals surface area contributed by atoms with Crippen LogP contribution in [0.4, 0.5) is 0 Å². The number of halogens is 5. The van der Waals surface area contributed by atoms with E-state index in [0.29, 0.717) is 21.7 Å². The van der Waals surface area contributed by atoms with Gasteiger partial charge in [-0.25, -0.2) is 0 Å². The van der Waals surface area contributed by atoms with Crippen molar-refractivity contribution in [2.24, 2.45) is 4.30 Å². The molecule has 205 valence electrons. The van der Waals surface area contributed by atoms with Gasteiger partial charge in [-0.2, -0.15) is 0 Å². The fourth-order valence-electron chi connectivity index (χ4n) is 6.22. The van der Waals surface area contributed by atoms with Crippen molar-refractivity contribution in [2.45, 2.75) is 105 Å². The van der Waals surface area contributed by atoms with E-state index in [0.717, 1.165) is 5.33 Å². The molecule has 0 bridgehead atoms. The summed E-state index contributed by atoms with van der Waals surface area (Å²) in [5.41, 5.74) is 10.3. The molecule has 0 fully saturated rings. The maximum atomic E-state index is 4.83. The maximum absolute atomic E-state index is 4.83. The second kappa shape index (κ2) is 13.3. The Kier molecular flexibility index (Phi) is 12.7. The van der Waals surface area contributed by atoms with Crippen LogP contribution in [0.25, 0.3) is 0 Å². The molecular formula is C29H40BBrCl4NS. The molecular weight excluding hydrogens is 627 g/mol. The molecule has 0 spiro atoms. The van der Waals surface area contributed by atoms with Crippen molar-refractivity contribution in [1.82, 2.24) is 0 Å². The number of benzene rings is 2. The minimum atomic E-state index is -1.61. The predicted octanol–water partition coefficient (Wildman–Crippen LogP) is 11.2. The van der Waals surface area contributed by atoms with Crippen molar-refractivity contribution < 1.29 is 0 Å². The molecule has 4 rings (SSSR count). The summed E-state index contributed by atoms with van der Waals surface area (Å²) in [5, 5.41) is 0.955. The fraction of sp³-hybridized carbons (Fsp3) is 0.586. The van der Waals surface area contributed by atoms with E-state index >= 15 is 0 Å². The molecule has 0 N–H and O–H groups in total. The average molecular weight is 667 g/mol. The van der Waals surface area contributed by atoms with Gasteiger partial charge in [0.05, 0.1) is 0 Å². The van der Waals surface area contributed by atoms with Crippen LogP contribution < -0.4 is 0 Å². The topological polar surface area (TPSA) is 12.4 Å². The Labute approximate surface area is 260 Å². The second-order valence-electron chi connectivity index (χ2n) is 12.5. The summed E-state index contributed by atoms with van der Waals surface area (Å²) in [6, 6.07) is 13.9. The zero-order chi connectivity index (χ0) is 29.0. The molecule has 1 nitrogen and oxygen atoms in total. The molecule has 0 atom stereocenters. The van der Waals surface area contributed by atoms with Crippen LogP contribution in [0.5, 0.6) is 0 Å². The third-order valence-electron chi connectivity index (χ3n) is 7.10. The van der Waals surface area contributed by atoms with Gasteiger partial charge in [0.25, 0.3) is 3.25 Å². The molecule has 1 radical (unpaired) electrons. The van der Waals surface area contributed by atoms with Crippen LogP contribution in [-0.4, -0.2) is 10.9 Å². The number of hydrogen-bond donors (Lipinski definition) is 1. The Balaban J connectivity index is 0.000000289. The van der Waals surface area contributed by atoms with Crippen LogP contribution in [0.1, 0.15) is 102 Å². The van der Waals surface area contributed by atoms with Crippen molar-refractivity contribution in [1.29, 1.82) is 0 Å². The van der Waals surface area contributed by atoms with Gasteiger partial charge in [-0.05, 0) is 69.2 Å². The minimum absolute atomic E-state index is 0.330. The molecule has 0 saturated heterocycles. The van der Waals surface area contributed by atoms with E-state index in [9.17, 15) is 0 Å². The van der Waals surface area contributed by atoms with Crippen molar-refractivity contribution in [3.63, 3.8) is 0 Å². The van der Waals surface area contributed by atoms with Gasteiger partial charge in [0.1, 0.15) is 0 Å². The van der Waals surface area contributed by atoms with Crippen LogP contribution in [0.2, 0.25) is 0 Å². The molecule has 0 amide bonds. The molecule has 0 aliphatic heterocycles. The Hall–Kier alpha value is 0.295. The first-order valence-electron chi connectivity index (χ1n) is 12.2. The molecule has 2 aromatic carbocycles. The van der Waals surface area contributed by atoms with Gasteiger partial charge in [0.15, 0.2) is 0 Å². The SMILES string of the molecule is CC1(C)CC(C)(C)c2cc(CBr)ccc21.Cc1ccc2c(c1)C(C)(C)CC2(C)C.ClC(Cl)(Cl)Cl.[B]=NS. The third kappa shape index (κ3) is 10.3. The van der Waals surface area contributed by atoms with E-state index in [1.807, 2.05) is 0 Å². The van der Waals surface area contributed by atoms with E-state index in [4.69, 9.17) is 46.4 Å². The standard InChI is InChI=1S/C14H19Br.C14H20.CCl4.BHNS/c1-13(2)9-14(3,4)12-7-10(8-15)5-6-11(12)13;1-10-6-7-11-12(8-10)14(4,5)9-13(11,2)3;2-1(3,4)5;1-2-3/h5-7H,8-9H2,1-4H3;6-8H,9H2,1-5H3;;3H. The van der Waals surface area contributed by atoms with Gasteiger partial charge >= 0.3 is 24.8 Å². The number of rotatable bonds is 1. The van der Waals surface area contributed by atoms with E-state index < -0.39 is 3.25 Å². The van der Waals surface area contributed by atoms with E-state index in [1.165, 1.54) is 29.5 Å². The first-order chi connectivity index (χ1) is 16.6. The summed E-state index contributed by atoms with van der Waals surface area (Å²) < 4.78 is 1.08. The number of nitrogens with zero attached hydrogens (tertiary/aromatic N) is 1. The Bertz CT molecular complexity index is 1070. The summed E-state index contributed by atoms with van der Waals surface area (Å²) >= 11 is 26.0. The number of hydrogen-bond acceptors (Lipinski definition) is 2. The molecule has 2 aliphatic carbocycles. The molecule has 0 saturated carbocycles. The Morgan fingerprint density at radius 3 is 1.46 bits per heavy atom. The monoisotopic (exact) mass is 664 g/mol. The molecule has 2 aliphatic rings. The van der Waals surface area contributed by atoms with Crippen LogP contribution in [-0.2, 0) is 27.0 Å². The average Bonchev–Trinajstić information content (AvgIpc) is 3.01. The van der Waals surface area contributed by atoms with Gasteiger partial charge in [-0.3, -0.25) is 0 Å². The first-order valence-corrected chi connectivity index (χ1v) is 15.3. The zero-order valence-electron chi connectivity index (χ0n) is 23.4. The molecule has 0 heterocycles. The van der Waals surface area contributed by atoms with Crippen molar-refractivity contribution in [3.05, 3.63) is 69.8 Å². The molecule has 37 heavy (non-hydrogen) atoms. The summed E-state index contributed by atoms with van der Waals surface area (Å²) in [7, 11) is 4.34. The summed E-state index contributed by atoms with van der Waals surface area (Å²) in [4.78, 5) is 0. The Morgan fingerprint density at radius 2 is 1.08 bits per heavy atom. The van der Waals surface area contributed by atoms with E-state index in [-0.39, 0.29) is 0 Å². The number of fused-ring (bicyclic) bond motifs is 2. The summed E-state index contributed by atoms with van der Waals surface area (Å²) in [6.07, 6.45) is 2.51. The fourth-order valence-corrected chi connectivity index (χ4v) is 6.57. The second-order valence-corrected chi connectivity index (χ2v) is 16.7. The zero-order valence-corrected chi connectivity index (χ0v) is 29.0. The molecule has 8 heteroatoms. The van der Waals surface area contributed by atoms with E-state index in [1.54, 1.807) is 16.7 Å². The van der Waals surface area contributed by atoms with Gasteiger partial charge in [0.2, 0.25) is 0 Å². The van der Waals surface area contributed by atoms with Crippen molar-refractivity contribution >= 4 is 82.8 Å². The Morgan fingerprint density at radius 1 is 0.757 bits per heavy atom. The summed E-state index contributed by atoms with van der Waals surface area (Å²) in [6.45, 7) is 21.0. The quantitative estimate of drug-likeness (QED) is 0.177.